The SMILES string of the molecule is CC#CCCNC(CN)C1CCCCC1. The van der Waals surface area contributed by atoms with Gasteiger partial charge in [0, 0.05) is 25.6 Å². The van der Waals surface area contributed by atoms with Crippen LogP contribution in [0.2, 0.25) is 0 Å². The van der Waals surface area contributed by atoms with Gasteiger partial charge in [-0.2, -0.15) is 0 Å². The zero-order valence-corrected chi connectivity index (χ0v) is 9.89. The molecular formula is C13H24N2. The van der Waals surface area contributed by atoms with Crippen molar-refractivity contribution in [3.8, 4) is 11.8 Å². The first-order valence-corrected chi connectivity index (χ1v) is 6.21. The van der Waals surface area contributed by atoms with E-state index in [1.165, 1.54) is 32.1 Å². The lowest BCUT2D eigenvalue weighted by Crippen LogP contribution is -2.43. The first-order valence-electron chi connectivity index (χ1n) is 6.21. The third kappa shape index (κ3) is 4.68. The maximum absolute atomic E-state index is 5.82. The molecule has 0 aromatic rings. The molecule has 0 aromatic carbocycles. The largest absolute Gasteiger partial charge is 0.329 e. The monoisotopic (exact) mass is 208 g/mol. The Labute approximate surface area is 94.0 Å². The van der Waals surface area contributed by atoms with Gasteiger partial charge in [0.1, 0.15) is 0 Å². The zero-order valence-electron chi connectivity index (χ0n) is 9.89. The van der Waals surface area contributed by atoms with E-state index in [1.807, 2.05) is 6.92 Å². The molecule has 0 aliphatic heterocycles. The van der Waals surface area contributed by atoms with Crippen LogP contribution in [-0.4, -0.2) is 19.1 Å². The summed E-state index contributed by atoms with van der Waals surface area (Å²) in [7, 11) is 0. The predicted octanol–water partition coefficient (Wildman–Crippen LogP) is 1.90. The molecule has 1 fully saturated rings. The van der Waals surface area contributed by atoms with Gasteiger partial charge in [0.15, 0.2) is 0 Å². The average Bonchev–Trinajstić information content (AvgIpc) is 2.30. The smallest absolute Gasteiger partial charge is 0.0218 e. The molecule has 1 rings (SSSR count). The molecule has 1 aliphatic carbocycles. The third-order valence-corrected chi connectivity index (χ3v) is 3.31. The van der Waals surface area contributed by atoms with E-state index in [0.717, 1.165) is 25.4 Å². The Morgan fingerprint density at radius 3 is 2.67 bits per heavy atom. The minimum Gasteiger partial charge on any atom is -0.329 e. The molecule has 0 radical (unpaired) electrons. The summed E-state index contributed by atoms with van der Waals surface area (Å²) in [5.74, 6) is 6.80. The van der Waals surface area contributed by atoms with E-state index in [0.29, 0.717) is 6.04 Å². The van der Waals surface area contributed by atoms with E-state index in [-0.39, 0.29) is 0 Å². The Bertz CT molecular complexity index is 208. The van der Waals surface area contributed by atoms with Crippen molar-refractivity contribution in [1.82, 2.24) is 5.32 Å². The molecule has 0 heterocycles. The highest BCUT2D eigenvalue weighted by Gasteiger charge is 2.21. The van der Waals surface area contributed by atoms with Crippen molar-refractivity contribution >= 4 is 0 Å². The molecule has 2 heteroatoms. The molecule has 86 valence electrons. The number of hydrogen-bond donors (Lipinski definition) is 2. The Hall–Kier alpha value is -0.520. The number of rotatable bonds is 5. The van der Waals surface area contributed by atoms with E-state index < -0.39 is 0 Å². The molecule has 0 bridgehead atoms. The fourth-order valence-corrected chi connectivity index (χ4v) is 2.42. The Balaban J connectivity index is 2.23. The molecule has 3 N–H and O–H groups in total. The minimum atomic E-state index is 0.518. The van der Waals surface area contributed by atoms with E-state index in [9.17, 15) is 0 Å². The van der Waals surface area contributed by atoms with Gasteiger partial charge in [0.05, 0.1) is 0 Å². The van der Waals surface area contributed by atoms with Crippen LogP contribution in [0.25, 0.3) is 0 Å². The first-order chi connectivity index (χ1) is 7.38. The zero-order chi connectivity index (χ0) is 10.9. The van der Waals surface area contributed by atoms with Gasteiger partial charge in [0.2, 0.25) is 0 Å². The lowest BCUT2D eigenvalue weighted by Gasteiger charge is -2.30. The van der Waals surface area contributed by atoms with E-state index in [4.69, 9.17) is 5.73 Å². The van der Waals surface area contributed by atoms with E-state index >= 15 is 0 Å². The van der Waals surface area contributed by atoms with E-state index in [2.05, 4.69) is 17.2 Å². The quantitative estimate of drug-likeness (QED) is 0.535. The molecule has 0 spiro atoms. The fourth-order valence-electron chi connectivity index (χ4n) is 2.42. The van der Waals surface area contributed by atoms with Gasteiger partial charge < -0.3 is 11.1 Å². The summed E-state index contributed by atoms with van der Waals surface area (Å²) >= 11 is 0. The molecule has 2 nitrogen and oxygen atoms in total. The molecule has 0 amide bonds. The van der Waals surface area contributed by atoms with Crippen molar-refractivity contribution in [3.63, 3.8) is 0 Å². The van der Waals surface area contributed by atoms with E-state index in [1.54, 1.807) is 0 Å². The molecular weight excluding hydrogens is 184 g/mol. The van der Waals surface area contributed by atoms with Crippen LogP contribution >= 0.6 is 0 Å². The predicted molar refractivity (Wildman–Crippen MR) is 65.5 cm³/mol. The summed E-state index contributed by atoms with van der Waals surface area (Å²) in [5.41, 5.74) is 5.82. The summed E-state index contributed by atoms with van der Waals surface area (Å²) < 4.78 is 0. The maximum Gasteiger partial charge on any atom is 0.0218 e. The number of hydrogen-bond acceptors (Lipinski definition) is 2. The summed E-state index contributed by atoms with van der Waals surface area (Å²) in [5, 5.41) is 3.55. The summed E-state index contributed by atoms with van der Waals surface area (Å²) in [6, 6.07) is 0.518. The highest BCUT2D eigenvalue weighted by molar-refractivity contribution is 4.95. The Morgan fingerprint density at radius 1 is 1.33 bits per heavy atom. The molecule has 1 saturated carbocycles. The topological polar surface area (TPSA) is 38.0 Å². The highest BCUT2D eigenvalue weighted by atomic mass is 14.9. The van der Waals surface area contributed by atoms with Gasteiger partial charge in [-0.1, -0.05) is 19.3 Å². The molecule has 1 aliphatic rings. The van der Waals surface area contributed by atoms with Crippen LogP contribution in [0.1, 0.15) is 45.4 Å². The number of nitrogens with one attached hydrogen (secondary N) is 1. The van der Waals surface area contributed by atoms with Crippen molar-refractivity contribution in [2.45, 2.75) is 51.5 Å². The Morgan fingerprint density at radius 2 is 2.07 bits per heavy atom. The minimum absolute atomic E-state index is 0.518. The van der Waals surface area contributed by atoms with Crippen molar-refractivity contribution in [2.75, 3.05) is 13.1 Å². The van der Waals surface area contributed by atoms with Crippen molar-refractivity contribution in [2.24, 2.45) is 11.7 Å². The van der Waals surface area contributed by atoms with Crippen molar-refractivity contribution in [1.29, 1.82) is 0 Å². The van der Waals surface area contributed by atoms with Gasteiger partial charge in [-0.05, 0) is 25.7 Å². The van der Waals surface area contributed by atoms with Crippen LogP contribution < -0.4 is 11.1 Å². The molecule has 0 aromatic heterocycles. The molecule has 1 unspecified atom stereocenters. The fraction of sp³-hybridized carbons (Fsp3) is 0.846. The lowest BCUT2D eigenvalue weighted by atomic mass is 9.84. The molecule has 15 heavy (non-hydrogen) atoms. The molecule has 1 atom stereocenters. The van der Waals surface area contributed by atoms with Gasteiger partial charge in [0.25, 0.3) is 0 Å². The van der Waals surface area contributed by atoms with Crippen molar-refractivity contribution in [3.05, 3.63) is 0 Å². The second-order valence-corrected chi connectivity index (χ2v) is 4.37. The van der Waals surface area contributed by atoms with Gasteiger partial charge in [-0.3, -0.25) is 0 Å². The highest BCUT2D eigenvalue weighted by Crippen LogP contribution is 2.26. The first kappa shape index (κ1) is 12.5. The second-order valence-electron chi connectivity index (χ2n) is 4.37. The normalized spacial score (nSPS) is 19.3. The summed E-state index contributed by atoms with van der Waals surface area (Å²) in [4.78, 5) is 0. The second kappa shape index (κ2) is 7.73. The Kier molecular flexibility index (Phi) is 6.47. The van der Waals surface area contributed by atoms with Crippen LogP contribution in [0.4, 0.5) is 0 Å². The number of nitrogens with two attached hydrogens (primary N) is 1. The van der Waals surface area contributed by atoms with Crippen molar-refractivity contribution < 1.29 is 0 Å². The van der Waals surface area contributed by atoms with Gasteiger partial charge in [-0.25, -0.2) is 0 Å². The lowest BCUT2D eigenvalue weighted by molar-refractivity contribution is 0.274. The van der Waals surface area contributed by atoms with Crippen LogP contribution in [0.15, 0.2) is 0 Å². The third-order valence-electron chi connectivity index (χ3n) is 3.31. The van der Waals surface area contributed by atoms with Gasteiger partial charge >= 0.3 is 0 Å². The maximum atomic E-state index is 5.82. The molecule has 0 saturated heterocycles. The summed E-state index contributed by atoms with van der Waals surface area (Å²) in [6.07, 6.45) is 7.84. The van der Waals surface area contributed by atoms with Crippen LogP contribution in [0.5, 0.6) is 0 Å². The van der Waals surface area contributed by atoms with Crippen LogP contribution in [0.3, 0.4) is 0 Å². The van der Waals surface area contributed by atoms with Crippen LogP contribution in [-0.2, 0) is 0 Å². The summed E-state index contributed by atoms with van der Waals surface area (Å²) in [6.45, 7) is 3.64. The van der Waals surface area contributed by atoms with Crippen LogP contribution in [0, 0.1) is 17.8 Å². The standard InChI is InChI=1S/C13H24N2/c1-2-3-7-10-15-13(11-14)12-8-5-4-6-9-12/h12-13,15H,4-11,14H2,1H3. The average molecular weight is 208 g/mol. The van der Waals surface area contributed by atoms with Gasteiger partial charge in [-0.15, -0.1) is 11.8 Å².